The number of carboxylic acids is 1. The molecule has 0 radical (unpaired) electrons. The number of carbonyl (C=O) groups is 2. The fourth-order valence-electron chi connectivity index (χ4n) is 2.19. The number of aryl methyl sites for hydroxylation is 1. The van der Waals surface area contributed by atoms with Crippen LogP contribution in [0.4, 0.5) is 0 Å². The van der Waals surface area contributed by atoms with Gasteiger partial charge in [-0.15, -0.1) is 0 Å². The SMILES string of the molecule is Cc1ccc(C(=O)N2CCOC(CC(=O)O)C2)c(Br)c1. The third-order valence-corrected chi connectivity index (χ3v) is 3.84. The molecule has 108 valence electrons. The van der Waals surface area contributed by atoms with Gasteiger partial charge in [-0.25, -0.2) is 0 Å². The van der Waals surface area contributed by atoms with Crippen molar-refractivity contribution >= 4 is 27.8 Å². The second kappa shape index (κ2) is 6.37. The molecular formula is C14H16BrNO4. The van der Waals surface area contributed by atoms with E-state index in [0.717, 1.165) is 10.0 Å². The van der Waals surface area contributed by atoms with Crippen LogP contribution in [0.15, 0.2) is 22.7 Å². The van der Waals surface area contributed by atoms with Crippen molar-refractivity contribution < 1.29 is 19.4 Å². The molecule has 0 aromatic heterocycles. The van der Waals surface area contributed by atoms with Gasteiger partial charge >= 0.3 is 5.97 Å². The molecule has 1 fully saturated rings. The fourth-order valence-corrected chi connectivity index (χ4v) is 2.85. The number of halogens is 1. The van der Waals surface area contributed by atoms with Gasteiger partial charge in [0.1, 0.15) is 0 Å². The number of hydrogen-bond acceptors (Lipinski definition) is 3. The Bertz CT molecular complexity index is 532. The van der Waals surface area contributed by atoms with Crippen LogP contribution in [0.2, 0.25) is 0 Å². The van der Waals surface area contributed by atoms with E-state index in [1.165, 1.54) is 0 Å². The number of morpholine rings is 1. The molecule has 1 aliphatic heterocycles. The predicted octanol–water partition coefficient (Wildman–Crippen LogP) is 2.07. The summed E-state index contributed by atoms with van der Waals surface area (Å²) in [6.07, 6.45) is -0.520. The van der Waals surface area contributed by atoms with Gasteiger partial charge in [-0.2, -0.15) is 0 Å². The molecule has 1 saturated heterocycles. The third-order valence-electron chi connectivity index (χ3n) is 3.18. The van der Waals surface area contributed by atoms with E-state index in [2.05, 4.69) is 15.9 Å². The molecule has 1 unspecified atom stereocenters. The molecule has 1 N–H and O–H groups in total. The zero-order chi connectivity index (χ0) is 14.7. The molecular weight excluding hydrogens is 326 g/mol. The number of amides is 1. The number of aliphatic carboxylic acids is 1. The van der Waals surface area contributed by atoms with Gasteiger partial charge in [0.05, 0.1) is 24.7 Å². The van der Waals surface area contributed by atoms with Crippen molar-refractivity contribution in [2.24, 2.45) is 0 Å². The zero-order valence-corrected chi connectivity index (χ0v) is 12.7. The van der Waals surface area contributed by atoms with E-state index >= 15 is 0 Å². The quantitative estimate of drug-likeness (QED) is 0.913. The maximum atomic E-state index is 12.5. The lowest BCUT2D eigenvalue weighted by molar-refractivity contribution is -0.141. The molecule has 20 heavy (non-hydrogen) atoms. The Kier molecular flexibility index (Phi) is 4.77. The van der Waals surface area contributed by atoms with E-state index in [1.807, 2.05) is 19.1 Å². The van der Waals surface area contributed by atoms with Crippen molar-refractivity contribution in [2.45, 2.75) is 19.4 Å². The van der Waals surface area contributed by atoms with Gasteiger partial charge in [0.15, 0.2) is 0 Å². The van der Waals surface area contributed by atoms with Crippen LogP contribution in [0.3, 0.4) is 0 Å². The number of ether oxygens (including phenoxy) is 1. The molecule has 1 aliphatic rings. The molecule has 1 heterocycles. The summed E-state index contributed by atoms with van der Waals surface area (Å²) < 4.78 is 6.12. The number of carboxylic acid groups (broad SMARTS) is 1. The average molecular weight is 342 g/mol. The minimum absolute atomic E-state index is 0.0845. The van der Waals surface area contributed by atoms with Crippen LogP contribution in [0.25, 0.3) is 0 Å². The van der Waals surface area contributed by atoms with E-state index in [-0.39, 0.29) is 12.3 Å². The Labute approximate surface area is 125 Å². The van der Waals surface area contributed by atoms with Crippen molar-refractivity contribution in [1.82, 2.24) is 4.90 Å². The summed E-state index contributed by atoms with van der Waals surface area (Å²) in [7, 11) is 0. The van der Waals surface area contributed by atoms with Crippen LogP contribution in [-0.4, -0.2) is 47.7 Å². The minimum Gasteiger partial charge on any atom is -0.481 e. The van der Waals surface area contributed by atoms with Gasteiger partial charge in [0.25, 0.3) is 5.91 Å². The fraction of sp³-hybridized carbons (Fsp3) is 0.429. The Morgan fingerprint density at radius 1 is 1.50 bits per heavy atom. The molecule has 1 atom stereocenters. The summed E-state index contributed by atoms with van der Waals surface area (Å²) >= 11 is 3.40. The highest BCUT2D eigenvalue weighted by Crippen LogP contribution is 2.21. The Hall–Kier alpha value is -1.40. The maximum Gasteiger partial charge on any atom is 0.306 e. The first kappa shape index (κ1) is 15.0. The first-order valence-corrected chi connectivity index (χ1v) is 7.15. The van der Waals surface area contributed by atoms with Crippen molar-refractivity contribution in [3.63, 3.8) is 0 Å². The highest BCUT2D eigenvalue weighted by Gasteiger charge is 2.27. The largest absolute Gasteiger partial charge is 0.481 e. The van der Waals surface area contributed by atoms with E-state index in [1.54, 1.807) is 11.0 Å². The van der Waals surface area contributed by atoms with Gasteiger partial charge in [-0.05, 0) is 40.5 Å². The van der Waals surface area contributed by atoms with Gasteiger partial charge in [0, 0.05) is 17.6 Å². The standard InChI is InChI=1S/C14H16BrNO4/c1-9-2-3-11(12(15)6-9)14(19)16-4-5-20-10(8-16)7-13(17)18/h2-3,6,10H,4-5,7-8H2,1H3,(H,17,18). The maximum absolute atomic E-state index is 12.5. The molecule has 6 heteroatoms. The van der Waals surface area contributed by atoms with Crippen LogP contribution < -0.4 is 0 Å². The Morgan fingerprint density at radius 3 is 2.90 bits per heavy atom. The van der Waals surface area contributed by atoms with Crippen LogP contribution in [-0.2, 0) is 9.53 Å². The normalized spacial score (nSPS) is 18.9. The van der Waals surface area contributed by atoms with E-state index < -0.39 is 12.1 Å². The molecule has 2 rings (SSSR count). The number of rotatable bonds is 3. The highest BCUT2D eigenvalue weighted by molar-refractivity contribution is 9.10. The first-order valence-electron chi connectivity index (χ1n) is 6.36. The third kappa shape index (κ3) is 3.58. The summed E-state index contributed by atoms with van der Waals surface area (Å²) in [5.41, 5.74) is 1.66. The van der Waals surface area contributed by atoms with Crippen molar-refractivity contribution in [3.8, 4) is 0 Å². The monoisotopic (exact) mass is 341 g/mol. The van der Waals surface area contributed by atoms with E-state index in [0.29, 0.717) is 25.3 Å². The lowest BCUT2D eigenvalue weighted by atomic mass is 10.1. The Morgan fingerprint density at radius 2 is 2.25 bits per heavy atom. The molecule has 0 saturated carbocycles. The topological polar surface area (TPSA) is 66.8 Å². The van der Waals surface area contributed by atoms with Crippen molar-refractivity contribution in [1.29, 1.82) is 0 Å². The second-order valence-corrected chi connectivity index (χ2v) is 5.68. The minimum atomic E-state index is -0.916. The first-order chi connectivity index (χ1) is 9.47. The summed E-state index contributed by atoms with van der Waals surface area (Å²) in [5, 5.41) is 8.79. The lowest BCUT2D eigenvalue weighted by Gasteiger charge is -2.32. The average Bonchev–Trinajstić information content (AvgIpc) is 2.37. The molecule has 1 aromatic rings. The summed E-state index contributed by atoms with van der Waals surface area (Å²) in [5.74, 6) is -1.02. The predicted molar refractivity (Wildman–Crippen MR) is 76.8 cm³/mol. The van der Waals surface area contributed by atoms with Crippen molar-refractivity contribution in [3.05, 3.63) is 33.8 Å². The second-order valence-electron chi connectivity index (χ2n) is 4.83. The van der Waals surface area contributed by atoms with Crippen LogP contribution in [0.1, 0.15) is 22.3 Å². The van der Waals surface area contributed by atoms with E-state index in [9.17, 15) is 9.59 Å². The van der Waals surface area contributed by atoms with Gasteiger partial charge in [0.2, 0.25) is 0 Å². The van der Waals surface area contributed by atoms with Crippen LogP contribution >= 0.6 is 15.9 Å². The number of hydrogen-bond donors (Lipinski definition) is 1. The van der Waals surface area contributed by atoms with Crippen molar-refractivity contribution in [2.75, 3.05) is 19.7 Å². The Balaban J connectivity index is 2.10. The molecule has 0 aliphatic carbocycles. The lowest BCUT2D eigenvalue weighted by Crippen LogP contribution is -2.46. The molecule has 5 nitrogen and oxygen atoms in total. The zero-order valence-electron chi connectivity index (χ0n) is 11.1. The molecule has 1 aromatic carbocycles. The summed E-state index contributed by atoms with van der Waals surface area (Å²) in [6.45, 7) is 3.12. The van der Waals surface area contributed by atoms with Gasteiger partial charge in [-0.1, -0.05) is 6.07 Å². The summed E-state index contributed by atoms with van der Waals surface area (Å²) in [4.78, 5) is 24.8. The van der Waals surface area contributed by atoms with Gasteiger partial charge < -0.3 is 14.7 Å². The number of carbonyl (C=O) groups excluding carboxylic acids is 1. The molecule has 0 spiro atoms. The number of benzene rings is 1. The summed E-state index contributed by atoms with van der Waals surface area (Å²) in [6, 6.07) is 5.55. The molecule has 0 bridgehead atoms. The van der Waals surface area contributed by atoms with Gasteiger partial charge in [-0.3, -0.25) is 9.59 Å². The smallest absolute Gasteiger partial charge is 0.306 e. The highest BCUT2D eigenvalue weighted by atomic mass is 79.9. The van der Waals surface area contributed by atoms with Crippen LogP contribution in [0.5, 0.6) is 0 Å². The van der Waals surface area contributed by atoms with Crippen LogP contribution in [0, 0.1) is 6.92 Å². The molecule has 1 amide bonds. The number of nitrogens with zero attached hydrogens (tertiary/aromatic N) is 1. The van der Waals surface area contributed by atoms with E-state index in [4.69, 9.17) is 9.84 Å².